The van der Waals surface area contributed by atoms with Crippen molar-refractivity contribution in [1.82, 2.24) is 0 Å². The lowest BCUT2D eigenvalue weighted by Gasteiger charge is -2.64. The largest absolute Gasteiger partial charge is 0.455 e. The average molecular weight is 471 g/mol. The van der Waals surface area contributed by atoms with E-state index in [2.05, 4.69) is 0 Å². The van der Waals surface area contributed by atoms with Gasteiger partial charge in [0.05, 0.1) is 29.8 Å². The topological polar surface area (TPSA) is 113 Å². The molecule has 2 bridgehead atoms. The van der Waals surface area contributed by atoms with Gasteiger partial charge in [-0.25, -0.2) is 4.79 Å². The number of carbonyl (C=O) groups is 2. The van der Waals surface area contributed by atoms with Gasteiger partial charge in [-0.3, -0.25) is 4.79 Å². The smallest absolute Gasteiger partial charge is 0.338 e. The Balaban J connectivity index is 1.72. The molecule has 3 aliphatic carbocycles. The Morgan fingerprint density at radius 2 is 1.82 bits per heavy atom. The van der Waals surface area contributed by atoms with Crippen LogP contribution >= 0.6 is 0 Å². The van der Waals surface area contributed by atoms with Crippen LogP contribution in [-0.2, 0) is 14.3 Å². The SMILES string of the molecule is CC1=C2[C@@H](O)C(=O)[C@@]3(C)[C@H](C(OC(=O)c4ccccc4)[C@](O)(CC1)C2(C)C)[C@@H]1CO[C@@H]1C[C@@H]3O. The molecule has 8 atom stereocenters. The van der Waals surface area contributed by atoms with Crippen LogP contribution in [0.15, 0.2) is 41.5 Å². The molecule has 2 saturated carbocycles. The molecule has 0 amide bonds. The van der Waals surface area contributed by atoms with E-state index in [0.717, 1.165) is 5.57 Å². The number of aliphatic hydroxyl groups is 3. The van der Waals surface area contributed by atoms with Crippen molar-refractivity contribution in [3.8, 4) is 0 Å². The molecule has 184 valence electrons. The van der Waals surface area contributed by atoms with Crippen molar-refractivity contribution in [1.29, 1.82) is 0 Å². The van der Waals surface area contributed by atoms with Crippen LogP contribution in [0.1, 0.15) is 57.3 Å². The molecule has 7 heteroatoms. The maximum absolute atomic E-state index is 14.0. The molecule has 0 radical (unpaired) electrons. The number of Topliss-reactive ketones (excluding diaryl/α,β-unsaturated/α-hetero) is 1. The van der Waals surface area contributed by atoms with Crippen molar-refractivity contribution >= 4 is 11.8 Å². The first-order chi connectivity index (χ1) is 15.9. The highest BCUT2D eigenvalue weighted by atomic mass is 16.6. The Labute approximate surface area is 199 Å². The lowest BCUT2D eigenvalue weighted by Crippen LogP contribution is -2.74. The highest BCUT2D eigenvalue weighted by Gasteiger charge is 2.71. The Hall–Kier alpha value is -2.06. The van der Waals surface area contributed by atoms with Crippen molar-refractivity contribution in [2.24, 2.45) is 22.7 Å². The maximum Gasteiger partial charge on any atom is 0.338 e. The highest BCUT2D eigenvalue weighted by Crippen LogP contribution is 2.61. The number of ether oxygens (including phenoxy) is 2. The summed E-state index contributed by atoms with van der Waals surface area (Å²) in [6, 6.07) is 8.58. The first-order valence-corrected chi connectivity index (χ1v) is 12.1. The van der Waals surface area contributed by atoms with Crippen molar-refractivity contribution in [3.63, 3.8) is 0 Å². The fourth-order valence-corrected chi connectivity index (χ4v) is 7.24. The molecule has 1 aliphatic heterocycles. The number of allylic oxidation sites excluding steroid dienone is 1. The van der Waals surface area contributed by atoms with Crippen molar-refractivity contribution in [2.75, 3.05) is 6.61 Å². The van der Waals surface area contributed by atoms with Crippen LogP contribution < -0.4 is 0 Å². The number of ketones is 1. The molecular formula is C27H34O7. The number of esters is 1. The van der Waals surface area contributed by atoms with Crippen LogP contribution in [0.2, 0.25) is 0 Å². The van der Waals surface area contributed by atoms with Gasteiger partial charge in [0, 0.05) is 23.7 Å². The summed E-state index contributed by atoms with van der Waals surface area (Å²) < 4.78 is 11.9. The minimum absolute atomic E-state index is 0.188. The van der Waals surface area contributed by atoms with Gasteiger partial charge in [-0.15, -0.1) is 0 Å². The molecule has 1 heterocycles. The van der Waals surface area contributed by atoms with E-state index in [1.807, 2.05) is 20.8 Å². The number of hydrogen-bond donors (Lipinski definition) is 3. The number of rotatable bonds is 2. The second-order valence-electron chi connectivity index (χ2n) is 11.3. The average Bonchev–Trinajstić information content (AvgIpc) is 2.79. The first-order valence-electron chi connectivity index (χ1n) is 12.1. The second-order valence-corrected chi connectivity index (χ2v) is 11.3. The van der Waals surface area contributed by atoms with Gasteiger partial charge in [0.1, 0.15) is 17.8 Å². The van der Waals surface area contributed by atoms with Gasteiger partial charge in [-0.05, 0) is 44.4 Å². The molecule has 3 fully saturated rings. The van der Waals surface area contributed by atoms with E-state index < -0.39 is 52.4 Å². The molecule has 1 aromatic rings. The third-order valence-corrected chi connectivity index (χ3v) is 9.47. The Kier molecular flexibility index (Phi) is 5.37. The van der Waals surface area contributed by atoms with Crippen LogP contribution in [0.3, 0.4) is 0 Å². The summed E-state index contributed by atoms with van der Waals surface area (Å²) in [6.45, 7) is 7.48. The molecule has 0 aromatic heterocycles. The van der Waals surface area contributed by atoms with E-state index in [-0.39, 0.29) is 18.4 Å². The molecule has 3 N–H and O–H groups in total. The molecule has 5 rings (SSSR count). The first kappa shape index (κ1) is 23.7. The number of carbonyl (C=O) groups excluding carboxylic acids is 2. The van der Waals surface area contributed by atoms with E-state index >= 15 is 0 Å². The predicted molar refractivity (Wildman–Crippen MR) is 123 cm³/mol. The number of hydrogen-bond acceptors (Lipinski definition) is 7. The molecule has 1 unspecified atom stereocenters. The molecule has 0 spiro atoms. The third-order valence-electron chi connectivity index (χ3n) is 9.47. The van der Waals surface area contributed by atoms with Gasteiger partial charge in [0.15, 0.2) is 5.78 Å². The van der Waals surface area contributed by atoms with E-state index in [4.69, 9.17) is 9.47 Å². The fourth-order valence-electron chi connectivity index (χ4n) is 7.24. The van der Waals surface area contributed by atoms with Gasteiger partial charge >= 0.3 is 5.97 Å². The van der Waals surface area contributed by atoms with Gasteiger partial charge in [-0.2, -0.15) is 0 Å². The van der Waals surface area contributed by atoms with Gasteiger partial charge in [-0.1, -0.05) is 37.6 Å². The summed E-state index contributed by atoms with van der Waals surface area (Å²) in [5.41, 5.74) is -2.36. The summed E-state index contributed by atoms with van der Waals surface area (Å²) in [7, 11) is 0. The van der Waals surface area contributed by atoms with E-state index in [9.17, 15) is 24.9 Å². The number of aliphatic hydroxyl groups excluding tert-OH is 2. The minimum atomic E-state index is -1.56. The molecule has 1 saturated heterocycles. The lowest BCUT2D eigenvalue weighted by atomic mass is 9.46. The van der Waals surface area contributed by atoms with Crippen molar-refractivity contribution in [2.45, 2.75) is 77.0 Å². The zero-order valence-electron chi connectivity index (χ0n) is 20.2. The number of fused-ring (bicyclic) bond motifs is 5. The lowest BCUT2D eigenvalue weighted by molar-refractivity contribution is -0.274. The highest BCUT2D eigenvalue weighted by molar-refractivity contribution is 5.93. The minimum Gasteiger partial charge on any atom is -0.455 e. The fraction of sp³-hybridized carbons (Fsp3) is 0.630. The van der Waals surface area contributed by atoms with Crippen LogP contribution in [0, 0.1) is 22.7 Å². The van der Waals surface area contributed by atoms with E-state index in [1.165, 1.54) is 0 Å². The molecule has 1 aromatic carbocycles. The summed E-state index contributed by atoms with van der Waals surface area (Å²) in [5, 5.41) is 35.1. The van der Waals surface area contributed by atoms with Crippen molar-refractivity contribution in [3.05, 3.63) is 47.0 Å². The zero-order valence-corrected chi connectivity index (χ0v) is 20.2. The zero-order chi connectivity index (χ0) is 24.6. The molecule has 34 heavy (non-hydrogen) atoms. The standard InChI is InChI=1S/C27H34O7/c1-14-10-11-27(32)23(34-24(31)15-8-6-5-7-9-15)20-16-13-33-17(16)12-18(28)26(20,4)22(30)21(29)19(14)25(27,2)3/h5-9,16-18,20-21,23,28-29,32H,10-13H2,1-4H3/t16-,17-,18+,20+,21-,23?,26-,27-/m1/s1. The molecule has 4 aliphatic rings. The summed E-state index contributed by atoms with van der Waals surface area (Å²) >= 11 is 0. The van der Waals surface area contributed by atoms with E-state index in [1.54, 1.807) is 37.3 Å². The summed E-state index contributed by atoms with van der Waals surface area (Å²) in [4.78, 5) is 27.3. The third kappa shape index (κ3) is 2.97. The monoisotopic (exact) mass is 470 g/mol. The normalized spacial score (nSPS) is 43.1. The van der Waals surface area contributed by atoms with Crippen LogP contribution in [0.4, 0.5) is 0 Å². The van der Waals surface area contributed by atoms with Crippen LogP contribution in [0.25, 0.3) is 0 Å². The van der Waals surface area contributed by atoms with Gasteiger partial charge in [0.25, 0.3) is 0 Å². The predicted octanol–water partition coefficient (Wildman–Crippen LogP) is 2.43. The van der Waals surface area contributed by atoms with E-state index in [0.29, 0.717) is 30.6 Å². The molecule has 7 nitrogen and oxygen atoms in total. The summed E-state index contributed by atoms with van der Waals surface area (Å²) in [5.74, 6) is -1.97. The Bertz CT molecular complexity index is 1050. The number of benzene rings is 1. The quantitative estimate of drug-likeness (QED) is 0.449. The van der Waals surface area contributed by atoms with Crippen molar-refractivity contribution < 1.29 is 34.4 Å². The molecular weight excluding hydrogens is 436 g/mol. The summed E-state index contributed by atoms with van der Waals surface area (Å²) in [6.07, 6.45) is -2.89. The van der Waals surface area contributed by atoms with Crippen LogP contribution in [0.5, 0.6) is 0 Å². The van der Waals surface area contributed by atoms with Crippen LogP contribution in [-0.4, -0.2) is 63.7 Å². The Morgan fingerprint density at radius 3 is 2.44 bits per heavy atom. The Morgan fingerprint density at radius 1 is 1.15 bits per heavy atom. The van der Waals surface area contributed by atoms with Gasteiger partial charge in [0.2, 0.25) is 0 Å². The van der Waals surface area contributed by atoms with Gasteiger partial charge < -0.3 is 24.8 Å². The maximum atomic E-state index is 14.0. The second kappa shape index (κ2) is 7.72.